The van der Waals surface area contributed by atoms with Crippen LogP contribution in [0.4, 0.5) is 17.1 Å². The average molecular weight is 354 g/mol. The average Bonchev–Trinajstić information content (AvgIpc) is 2.81. The van der Waals surface area contributed by atoms with E-state index in [9.17, 15) is 19.7 Å². The summed E-state index contributed by atoms with van der Waals surface area (Å²) in [5.74, 6) is -0.678. The summed E-state index contributed by atoms with van der Waals surface area (Å²) in [5, 5.41) is 10.8. The second-order valence-corrected chi connectivity index (χ2v) is 5.99. The molecule has 3 rings (SSSR count). The molecule has 8 nitrogen and oxygen atoms in total. The van der Waals surface area contributed by atoms with Crippen molar-refractivity contribution in [1.29, 1.82) is 0 Å². The van der Waals surface area contributed by atoms with Crippen molar-refractivity contribution in [3.05, 3.63) is 64.2 Å². The Hall–Kier alpha value is -3.42. The third-order valence-electron chi connectivity index (χ3n) is 4.24. The fraction of sp³-hybridized carbons (Fsp3) is 0.222. The fourth-order valence-corrected chi connectivity index (χ4v) is 3.07. The highest BCUT2D eigenvalue weighted by Gasteiger charge is 2.26. The Morgan fingerprint density at radius 2 is 1.69 bits per heavy atom. The monoisotopic (exact) mass is 354 g/mol. The van der Waals surface area contributed by atoms with E-state index < -0.39 is 10.8 Å². The van der Waals surface area contributed by atoms with Crippen molar-refractivity contribution in [2.75, 3.05) is 29.4 Å². The van der Waals surface area contributed by atoms with E-state index in [2.05, 4.69) is 0 Å². The maximum Gasteiger partial charge on any atom is 0.269 e. The molecule has 0 aromatic heterocycles. The van der Waals surface area contributed by atoms with Crippen LogP contribution >= 0.6 is 0 Å². The standard InChI is InChI=1S/C18H18N4O4/c19-17(23)12-20-10-3-11-21(16-5-2-1-4-15(16)20)18(24)13-6-8-14(9-7-13)22(25)26/h1-2,4-9H,3,10-12H2,(H2,19,23). The molecule has 1 aliphatic rings. The molecule has 1 heterocycles. The van der Waals surface area contributed by atoms with Crippen LogP contribution in [0.5, 0.6) is 0 Å². The largest absolute Gasteiger partial charge is 0.368 e. The number of carbonyl (C=O) groups is 2. The Labute approximate surface area is 150 Å². The van der Waals surface area contributed by atoms with Gasteiger partial charge < -0.3 is 15.5 Å². The van der Waals surface area contributed by atoms with Crippen molar-refractivity contribution in [3.8, 4) is 0 Å². The van der Waals surface area contributed by atoms with Gasteiger partial charge in [0, 0.05) is 30.8 Å². The number of nitro benzene ring substituents is 1. The summed E-state index contributed by atoms with van der Waals surface area (Å²) in [4.78, 5) is 38.1. The molecule has 0 bridgehead atoms. The summed E-state index contributed by atoms with van der Waals surface area (Å²) in [5.41, 5.74) is 7.10. The summed E-state index contributed by atoms with van der Waals surface area (Å²) < 4.78 is 0. The van der Waals surface area contributed by atoms with Gasteiger partial charge in [0.2, 0.25) is 5.91 Å². The molecule has 26 heavy (non-hydrogen) atoms. The molecule has 2 N–H and O–H groups in total. The summed E-state index contributed by atoms with van der Waals surface area (Å²) >= 11 is 0. The summed E-state index contributed by atoms with van der Waals surface area (Å²) in [6.45, 7) is 1.16. The topological polar surface area (TPSA) is 110 Å². The Morgan fingerprint density at radius 1 is 1.04 bits per heavy atom. The fourth-order valence-electron chi connectivity index (χ4n) is 3.07. The van der Waals surface area contributed by atoms with Crippen LogP contribution in [0.15, 0.2) is 48.5 Å². The first-order valence-electron chi connectivity index (χ1n) is 8.16. The molecular weight excluding hydrogens is 336 g/mol. The molecule has 0 radical (unpaired) electrons. The van der Waals surface area contributed by atoms with E-state index in [0.717, 1.165) is 5.69 Å². The molecule has 2 aromatic rings. The lowest BCUT2D eigenvalue weighted by molar-refractivity contribution is -0.384. The number of rotatable bonds is 4. The number of nitro groups is 1. The summed E-state index contributed by atoms with van der Waals surface area (Å²) in [6, 6.07) is 12.9. The van der Waals surface area contributed by atoms with Gasteiger partial charge in [0.05, 0.1) is 22.8 Å². The van der Waals surface area contributed by atoms with Gasteiger partial charge in [-0.3, -0.25) is 19.7 Å². The molecule has 0 saturated heterocycles. The number of nitrogens with zero attached hydrogens (tertiary/aromatic N) is 3. The first-order valence-corrected chi connectivity index (χ1v) is 8.16. The summed E-state index contributed by atoms with van der Waals surface area (Å²) in [6.07, 6.45) is 0.667. The number of benzene rings is 2. The highest BCUT2D eigenvalue weighted by molar-refractivity contribution is 6.08. The Morgan fingerprint density at radius 3 is 2.31 bits per heavy atom. The molecule has 134 valence electrons. The zero-order valence-corrected chi connectivity index (χ0v) is 14.0. The number of carbonyl (C=O) groups excluding carboxylic acids is 2. The molecule has 8 heteroatoms. The number of anilines is 2. The van der Waals surface area contributed by atoms with E-state index in [1.54, 1.807) is 4.90 Å². The first kappa shape index (κ1) is 17.4. The molecule has 0 spiro atoms. The number of para-hydroxylation sites is 2. The van der Waals surface area contributed by atoms with Crippen LogP contribution in [0.3, 0.4) is 0 Å². The molecule has 2 aromatic carbocycles. The molecule has 0 aliphatic carbocycles. The normalized spacial score (nSPS) is 13.7. The number of nitrogens with two attached hydrogens (primary N) is 1. The van der Waals surface area contributed by atoms with Crippen LogP contribution < -0.4 is 15.5 Å². The molecular formula is C18H18N4O4. The maximum atomic E-state index is 13.0. The Bertz CT molecular complexity index is 851. The lowest BCUT2D eigenvalue weighted by Crippen LogP contribution is -2.34. The second-order valence-electron chi connectivity index (χ2n) is 5.99. The third-order valence-corrected chi connectivity index (χ3v) is 4.24. The Balaban J connectivity index is 1.94. The van der Waals surface area contributed by atoms with Crippen LogP contribution in [0.1, 0.15) is 16.8 Å². The van der Waals surface area contributed by atoms with Crippen LogP contribution in [0.25, 0.3) is 0 Å². The second kappa shape index (κ2) is 7.22. The van der Waals surface area contributed by atoms with Crippen LogP contribution in [-0.4, -0.2) is 36.4 Å². The lowest BCUT2D eigenvalue weighted by atomic mass is 10.1. The van der Waals surface area contributed by atoms with Gasteiger partial charge >= 0.3 is 0 Å². The third kappa shape index (κ3) is 3.49. The van der Waals surface area contributed by atoms with Gasteiger partial charge in [-0.25, -0.2) is 0 Å². The predicted octanol–water partition coefficient (Wildman–Crippen LogP) is 1.94. The van der Waals surface area contributed by atoms with Gasteiger partial charge in [-0.15, -0.1) is 0 Å². The van der Waals surface area contributed by atoms with Crippen LogP contribution in [0, 0.1) is 10.1 Å². The van der Waals surface area contributed by atoms with Gasteiger partial charge in [0.25, 0.3) is 11.6 Å². The van der Waals surface area contributed by atoms with Gasteiger partial charge in [0.1, 0.15) is 0 Å². The van der Waals surface area contributed by atoms with Crippen molar-refractivity contribution in [3.63, 3.8) is 0 Å². The number of amides is 2. The number of hydrogen-bond acceptors (Lipinski definition) is 5. The Kier molecular flexibility index (Phi) is 4.83. The molecule has 0 atom stereocenters. The number of fused-ring (bicyclic) bond motifs is 1. The van der Waals surface area contributed by atoms with E-state index in [-0.39, 0.29) is 18.1 Å². The predicted molar refractivity (Wildman–Crippen MR) is 97.2 cm³/mol. The van der Waals surface area contributed by atoms with Crippen LogP contribution in [0.2, 0.25) is 0 Å². The molecule has 0 fully saturated rings. The maximum absolute atomic E-state index is 13.0. The van der Waals surface area contributed by atoms with Crippen molar-refractivity contribution in [2.24, 2.45) is 5.73 Å². The highest BCUT2D eigenvalue weighted by Crippen LogP contribution is 2.33. The van der Waals surface area contributed by atoms with E-state index >= 15 is 0 Å². The van der Waals surface area contributed by atoms with E-state index in [1.807, 2.05) is 29.2 Å². The van der Waals surface area contributed by atoms with Crippen molar-refractivity contribution in [1.82, 2.24) is 0 Å². The number of primary amides is 1. The number of non-ortho nitro benzene ring substituents is 1. The highest BCUT2D eigenvalue weighted by atomic mass is 16.6. The molecule has 0 unspecified atom stereocenters. The minimum absolute atomic E-state index is 0.0644. The quantitative estimate of drug-likeness (QED) is 0.666. The van der Waals surface area contributed by atoms with Gasteiger partial charge in [0.15, 0.2) is 0 Å². The van der Waals surface area contributed by atoms with E-state index in [1.165, 1.54) is 24.3 Å². The minimum atomic E-state index is -0.503. The van der Waals surface area contributed by atoms with Crippen molar-refractivity contribution >= 4 is 28.9 Å². The van der Waals surface area contributed by atoms with Crippen molar-refractivity contribution < 1.29 is 14.5 Å². The smallest absolute Gasteiger partial charge is 0.269 e. The molecule has 2 amide bonds. The van der Waals surface area contributed by atoms with Gasteiger partial charge in [-0.05, 0) is 30.7 Å². The zero-order valence-electron chi connectivity index (χ0n) is 14.0. The molecule has 1 aliphatic heterocycles. The number of hydrogen-bond donors (Lipinski definition) is 1. The molecule has 0 saturated carbocycles. The van der Waals surface area contributed by atoms with Gasteiger partial charge in [-0.2, -0.15) is 0 Å². The lowest BCUT2D eigenvalue weighted by Gasteiger charge is -2.25. The van der Waals surface area contributed by atoms with Gasteiger partial charge in [-0.1, -0.05) is 12.1 Å². The van der Waals surface area contributed by atoms with Crippen molar-refractivity contribution in [2.45, 2.75) is 6.42 Å². The van der Waals surface area contributed by atoms with E-state index in [4.69, 9.17) is 5.73 Å². The first-order chi connectivity index (χ1) is 12.5. The zero-order chi connectivity index (χ0) is 18.7. The van der Waals surface area contributed by atoms with Crippen LogP contribution in [-0.2, 0) is 4.79 Å². The van der Waals surface area contributed by atoms with E-state index in [0.29, 0.717) is 30.8 Å². The SMILES string of the molecule is NC(=O)CN1CCCN(C(=O)c2ccc([N+](=O)[O-])cc2)c2ccccc21. The summed E-state index contributed by atoms with van der Waals surface area (Å²) in [7, 11) is 0. The minimum Gasteiger partial charge on any atom is -0.368 e.